The van der Waals surface area contributed by atoms with Crippen LogP contribution < -0.4 is 25.3 Å². The van der Waals surface area contributed by atoms with Crippen LogP contribution in [0.5, 0.6) is 17.4 Å². The number of carbonyl (C=O) groups excluding carboxylic acids is 1. The summed E-state index contributed by atoms with van der Waals surface area (Å²) in [4.78, 5) is 12.7. The Bertz CT molecular complexity index is 1390. The first kappa shape index (κ1) is 25.1. The van der Waals surface area contributed by atoms with Gasteiger partial charge < -0.3 is 25.3 Å². The molecule has 0 aliphatic carbocycles. The molecule has 0 spiro atoms. The maximum absolute atomic E-state index is 12.7. The van der Waals surface area contributed by atoms with Crippen molar-refractivity contribution in [3.63, 3.8) is 0 Å². The number of carbonyl (C=O) groups is 1. The Hall–Kier alpha value is -3.97. The number of H-pyrrole nitrogens is 1. The highest BCUT2D eigenvalue weighted by Gasteiger charge is 2.35. The number of benzene rings is 2. The number of para-hydroxylation sites is 1. The predicted octanol–water partition coefficient (Wildman–Crippen LogP) is 4.73. The Labute approximate surface area is 217 Å². The monoisotopic (exact) mass is 551 g/mol. The molecule has 186 valence electrons. The largest absolute Gasteiger partial charge is 0.490 e. The number of nitriles is 1. The average molecular weight is 552 g/mol. The molecule has 4 rings (SSSR count). The molecule has 1 amide bonds. The number of aromatic nitrogens is 2. The van der Waals surface area contributed by atoms with Crippen LogP contribution in [-0.4, -0.2) is 29.3 Å². The van der Waals surface area contributed by atoms with Gasteiger partial charge in [0.2, 0.25) is 11.8 Å². The van der Waals surface area contributed by atoms with E-state index in [1.165, 1.54) is 0 Å². The van der Waals surface area contributed by atoms with Crippen LogP contribution in [0.3, 0.4) is 0 Å². The Kier molecular flexibility index (Phi) is 7.22. The summed E-state index contributed by atoms with van der Waals surface area (Å²) in [5, 5.41) is 19.8. The summed E-state index contributed by atoms with van der Waals surface area (Å²) in [5.74, 6) is 0.312. The van der Waals surface area contributed by atoms with Crippen molar-refractivity contribution in [2.24, 2.45) is 5.73 Å². The van der Waals surface area contributed by atoms with Gasteiger partial charge in [0.25, 0.3) is 5.91 Å². The molecule has 0 saturated carbocycles. The Balaban J connectivity index is 1.65. The van der Waals surface area contributed by atoms with Gasteiger partial charge in [-0.05, 0) is 72.4 Å². The quantitative estimate of drug-likeness (QED) is 0.386. The lowest BCUT2D eigenvalue weighted by molar-refractivity contribution is -0.118. The van der Waals surface area contributed by atoms with Crippen molar-refractivity contribution in [2.45, 2.75) is 33.6 Å². The van der Waals surface area contributed by atoms with E-state index in [9.17, 15) is 10.1 Å². The number of nitrogens with two attached hydrogens (primary N) is 1. The Morgan fingerprint density at radius 1 is 1.28 bits per heavy atom. The molecule has 0 saturated heterocycles. The van der Waals surface area contributed by atoms with Gasteiger partial charge in [0.05, 0.1) is 17.0 Å². The minimum atomic E-state index is -0.519. The molecular weight excluding hydrogens is 526 g/mol. The lowest BCUT2D eigenvalue weighted by Gasteiger charge is -2.25. The van der Waals surface area contributed by atoms with Crippen molar-refractivity contribution in [3.05, 3.63) is 74.2 Å². The summed E-state index contributed by atoms with van der Waals surface area (Å²) in [6.07, 6.45) is 0. The second-order valence-electron chi connectivity index (χ2n) is 8.36. The molecule has 2 heterocycles. The predicted molar refractivity (Wildman–Crippen MR) is 138 cm³/mol. The average Bonchev–Trinajstić information content (AvgIpc) is 3.20. The molecule has 1 aliphatic heterocycles. The molecule has 4 N–H and O–H groups in total. The van der Waals surface area contributed by atoms with Crippen LogP contribution >= 0.6 is 15.9 Å². The van der Waals surface area contributed by atoms with Gasteiger partial charge in [-0.3, -0.25) is 9.89 Å². The molecule has 1 aliphatic rings. The minimum absolute atomic E-state index is 0.000853. The number of anilines is 1. The van der Waals surface area contributed by atoms with Gasteiger partial charge in [0.15, 0.2) is 18.1 Å². The summed E-state index contributed by atoms with van der Waals surface area (Å²) >= 11 is 3.56. The minimum Gasteiger partial charge on any atom is -0.490 e. The molecule has 0 radical (unpaired) electrons. The number of nitrogens with zero attached hydrogens (tertiary/aromatic N) is 2. The maximum atomic E-state index is 12.7. The third-order valence-corrected chi connectivity index (χ3v) is 6.48. The topological polar surface area (TPSA) is 135 Å². The molecular formula is C26H26BrN5O4. The van der Waals surface area contributed by atoms with Gasteiger partial charge >= 0.3 is 0 Å². The van der Waals surface area contributed by atoms with Crippen LogP contribution in [0, 0.1) is 32.1 Å². The number of hydrogen-bond donors (Lipinski definition) is 3. The highest BCUT2D eigenvalue weighted by atomic mass is 79.9. The fourth-order valence-corrected chi connectivity index (χ4v) is 4.79. The van der Waals surface area contributed by atoms with Gasteiger partial charge in [-0.15, -0.1) is 5.10 Å². The van der Waals surface area contributed by atoms with E-state index in [2.05, 4.69) is 37.5 Å². The molecule has 0 bridgehead atoms. The molecule has 0 fully saturated rings. The zero-order chi connectivity index (χ0) is 26.0. The molecule has 1 atom stereocenters. The van der Waals surface area contributed by atoms with E-state index in [0.29, 0.717) is 28.5 Å². The standard InChI is InChI=1S/C26H26BrN5O4/c1-5-34-19-10-16(22-17(11-28)25(29)36-26-21(22)15(4)31-32-26)9-18(27)24(19)35-12-20(33)30-23-13(2)7-6-8-14(23)3/h6-10,22H,5,12,29H2,1-4H3,(H,30,33)(H,31,32). The highest BCUT2D eigenvalue weighted by Crippen LogP contribution is 2.46. The number of hydrogen-bond acceptors (Lipinski definition) is 7. The number of aryl methyl sites for hydroxylation is 3. The van der Waals surface area contributed by atoms with Gasteiger partial charge in [-0.2, -0.15) is 5.26 Å². The number of allylic oxidation sites excluding steroid dienone is 1. The second kappa shape index (κ2) is 10.3. The maximum Gasteiger partial charge on any atom is 0.262 e. The fraction of sp³-hybridized carbons (Fsp3) is 0.269. The molecule has 1 aromatic heterocycles. The zero-order valence-corrected chi connectivity index (χ0v) is 21.9. The number of amides is 1. The zero-order valence-electron chi connectivity index (χ0n) is 20.4. The molecule has 1 unspecified atom stereocenters. The van der Waals surface area contributed by atoms with Crippen molar-refractivity contribution in [1.82, 2.24) is 10.2 Å². The van der Waals surface area contributed by atoms with Gasteiger partial charge in [0, 0.05) is 16.9 Å². The number of fused-ring (bicyclic) bond motifs is 1. The summed E-state index contributed by atoms with van der Waals surface area (Å²) in [5.41, 5.74) is 11.2. The Morgan fingerprint density at radius 3 is 2.67 bits per heavy atom. The summed E-state index contributed by atoms with van der Waals surface area (Å²) in [6, 6.07) is 11.6. The van der Waals surface area contributed by atoms with Gasteiger partial charge in [0.1, 0.15) is 11.6 Å². The first-order valence-electron chi connectivity index (χ1n) is 11.3. The molecule has 9 nitrogen and oxygen atoms in total. The van der Waals surface area contributed by atoms with Crippen molar-refractivity contribution >= 4 is 27.5 Å². The van der Waals surface area contributed by atoms with E-state index in [-0.39, 0.29) is 24.0 Å². The fourth-order valence-electron chi connectivity index (χ4n) is 4.21. The number of aromatic amines is 1. The first-order chi connectivity index (χ1) is 17.2. The van der Waals surface area contributed by atoms with Crippen LogP contribution in [0.4, 0.5) is 5.69 Å². The first-order valence-corrected chi connectivity index (χ1v) is 12.1. The molecule has 3 aromatic rings. The van der Waals surface area contributed by atoms with E-state index < -0.39 is 5.92 Å². The van der Waals surface area contributed by atoms with Crippen LogP contribution in [0.15, 0.2) is 46.3 Å². The van der Waals surface area contributed by atoms with Crippen molar-refractivity contribution in [3.8, 4) is 23.4 Å². The molecule has 2 aromatic carbocycles. The number of nitrogens with one attached hydrogen (secondary N) is 2. The van der Waals surface area contributed by atoms with Crippen LogP contribution in [0.1, 0.15) is 40.8 Å². The summed E-state index contributed by atoms with van der Waals surface area (Å²) < 4.78 is 17.9. The normalized spacial score (nSPS) is 14.5. The molecule has 10 heteroatoms. The highest BCUT2D eigenvalue weighted by molar-refractivity contribution is 9.10. The van der Waals surface area contributed by atoms with E-state index in [0.717, 1.165) is 33.6 Å². The van der Waals surface area contributed by atoms with E-state index in [1.54, 1.807) is 6.07 Å². The van der Waals surface area contributed by atoms with Crippen molar-refractivity contribution in [1.29, 1.82) is 5.26 Å². The van der Waals surface area contributed by atoms with E-state index in [4.69, 9.17) is 19.9 Å². The number of halogens is 1. The van der Waals surface area contributed by atoms with Crippen LogP contribution in [-0.2, 0) is 4.79 Å². The number of ether oxygens (including phenoxy) is 3. The third kappa shape index (κ3) is 4.75. The van der Waals surface area contributed by atoms with Crippen LogP contribution in [0.2, 0.25) is 0 Å². The summed E-state index contributed by atoms with van der Waals surface area (Å²) in [6.45, 7) is 7.73. The lowest BCUT2D eigenvalue weighted by atomic mass is 9.84. The summed E-state index contributed by atoms with van der Waals surface area (Å²) in [7, 11) is 0. The van der Waals surface area contributed by atoms with E-state index in [1.807, 2.05) is 52.0 Å². The lowest BCUT2D eigenvalue weighted by Crippen LogP contribution is -2.22. The van der Waals surface area contributed by atoms with Crippen LogP contribution in [0.25, 0.3) is 0 Å². The van der Waals surface area contributed by atoms with E-state index >= 15 is 0 Å². The van der Waals surface area contributed by atoms with Gasteiger partial charge in [-0.1, -0.05) is 18.2 Å². The van der Waals surface area contributed by atoms with Crippen molar-refractivity contribution < 1.29 is 19.0 Å². The van der Waals surface area contributed by atoms with Crippen molar-refractivity contribution in [2.75, 3.05) is 18.5 Å². The number of rotatable bonds is 7. The second-order valence-corrected chi connectivity index (χ2v) is 9.21. The smallest absolute Gasteiger partial charge is 0.262 e. The van der Waals surface area contributed by atoms with Gasteiger partial charge in [-0.25, -0.2) is 0 Å². The SMILES string of the molecule is CCOc1cc(C2C(C#N)=C(N)Oc3n[nH]c(C)c32)cc(Br)c1OCC(=O)Nc1c(C)cccc1C. The third-order valence-electron chi connectivity index (χ3n) is 5.89. The Morgan fingerprint density at radius 2 is 2.00 bits per heavy atom. The molecule has 36 heavy (non-hydrogen) atoms.